The minimum atomic E-state index is -0.356. The SMILES string of the molecule is Cc1nccn1-c1ccc(C(C)NCC(O)CN(C)C)cc1. The zero-order valence-electron chi connectivity index (χ0n) is 13.8. The Morgan fingerprint density at radius 2 is 1.95 bits per heavy atom. The Morgan fingerprint density at radius 3 is 2.50 bits per heavy atom. The average molecular weight is 302 g/mol. The van der Waals surface area contributed by atoms with Gasteiger partial charge in [-0.25, -0.2) is 4.98 Å². The normalized spacial score (nSPS) is 14.3. The predicted octanol–water partition coefficient (Wildman–Crippen LogP) is 1.75. The van der Waals surface area contributed by atoms with Crippen molar-refractivity contribution in [2.24, 2.45) is 0 Å². The summed E-state index contributed by atoms with van der Waals surface area (Å²) >= 11 is 0. The van der Waals surface area contributed by atoms with Gasteiger partial charge in [0.05, 0.1) is 6.10 Å². The highest BCUT2D eigenvalue weighted by molar-refractivity contribution is 5.36. The number of hydrogen-bond donors (Lipinski definition) is 2. The molecule has 5 heteroatoms. The van der Waals surface area contributed by atoms with Crippen LogP contribution in [0.4, 0.5) is 0 Å². The van der Waals surface area contributed by atoms with Crippen molar-refractivity contribution in [3.05, 3.63) is 48.0 Å². The molecule has 1 heterocycles. The number of nitrogens with zero attached hydrogens (tertiary/aromatic N) is 3. The summed E-state index contributed by atoms with van der Waals surface area (Å²) in [5.41, 5.74) is 2.32. The number of likely N-dealkylation sites (N-methyl/N-ethyl adjacent to an activating group) is 1. The molecular weight excluding hydrogens is 276 g/mol. The van der Waals surface area contributed by atoms with Crippen LogP contribution < -0.4 is 5.32 Å². The average Bonchev–Trinajstić information content (AvgIpc) is 2.90. The van der Waals surface area contributed by atoms with Crippen LogP contribution in [0.15, 0.2) is 36.7 Å². The molecule has 0 aliphatic heterocycles. The van der Waals surface area contributed by atoms with Crippen molar-refractivity contribution in [3.8, 4) is 5.69 Å². The number of benzene rings is 1. The van der Waals surface area contributed by atoms with E-state index in [0.717, 1.165) is 11.5 Å². The van der Waals surface area contributed by atoms with Gasteiger partial charge in [-0.05, 0) is 45.6 Å². The molecule has 5 nitrogen and oxygen atoms in total. The van der Waals surface area contributed by atoms with Crippen LogP contribution >= 0.6 is 0 Å². The molecule has 0 bridgehead atoms. The third-order valence-electron chi connectivity index (χ3n) is 3.73. The summed E-state index contributed by atoms with van der Waals surface area (Å²) in [7, 11) is 3.92. The molecular formula is C17H26N4O. The first-order chi connectivity index (χ1) is 10.5. The fourth-order valence-electron chi connectivity index (χ4n) is 2.49. The molecule has 0 saturated heterocycles. The molecule has 0 radical (unpaired) electrons. The smallest absolute Gasteiger partial charge is 0.110 e. The van der Waals surface area contributed by atoms with Crippen molar-refractivity contribution < 1.29 is 5.11 Å². The lowest BCUT2D eigenvalue weighted by molar-refractivity contribution is 0.132. The van der Waals surface area contributed by atoms with E-state index in [2.05, 4.69) is 46.1 Å². The Hall–Kier alpha value is -1.69. The van der Waals surface area contributed by atoms with Crippen molar-refractivity contribution in [1.82, 2.24) is 19.8 Å². The van der Waals surface area contributed by atoms with E-state index in [4.69, 9.17) is 0 Å². The van der Waals surface area contributed by atoms with Crippen molar-refractivity contribution in [3.63, 3.8) is 0 Å². The highest BCUT2D eigenvalue weighted by Crippen LogP contribution is 2.16. The lowest BCUT2D eigenvalue weighted by Gasteiger charge is -2.20. The topological polar surface area (TPSA) is 53.3 Å². The number of aliphatic hydroxyl groups is 1. The maximum absolute atomic E-state index is 9.90. The molecule has 120 valence electrons. The Bertz CT molecular complexity index is 577. The number of hydrogen-bond acceptors (Lipinski definition) is 4. The van der Waals surface area contributed by atoms with Gasteiger partial charge in [-0.15, -0.1) is 0 Å². The quantitative estimate of drug-likeness (QED) is 0.818. The Labute approximate surface area is 132 Å². The summed E-state index contributed by atoms with van der Waals surface area (Å²) in [5.74, 6) is 0.978. The van der Waals surface area contributed by atoms with E-state index in [1.165, 1.54) is 5.56 Å². The van der Waals surface area contributed by atoms with Crippen molar-refractivity contribution in [2.45, 2.75) is 26.0 Å². The molecule has 2 atom stereocenters. The predicted molar refractivity (Wildman–Crippen MR) is 89.3 cm³/mol. The maximum Gasteiger partial charge on any atom is 0.110 e. The van der Waals surface area contributed by atoms with Gasteiger partial charge >= 0.3 is 0 Å². The number of aromatic nitrogens is 2. The monoisotopic (exact) mass is 302 g/mol. The third kappa shape index (κ3) is 4.40. The first-order valence-corrected chi connectivity index (χ1v) is 7.64. The Kier molecular flexibility index (Phi) is 5.71. The third-order valence-corrected chi connectivity index (χ3v) is 3.73. The molecule has 2 unspecified atom stereocenters. The zero-order valence-corrected chi connectivity index (χ0v) is 13.8. The van der Waals surface area contributed by atoms with Crippen LogP contribution in [0.5, 0.6) is 0 Å². The lowest BCUT2D eigenvalue weighted by Crippen LogP contribution is -2.36. The number of aliphatic hydroxyl groups excluding tert-OH is 1. The van der Waals surface area contributed by atoms with Gasteiger partial charge in [0.25, 0.3) is 0 Å². The summed E-state index contributed by atoms with van der Waals surface area (Å²) in [5, 5.41) is 13.3. The van der Waals surface area contributed by atoms with Crippen LogP contribution in [0.2, 0.25) is 0 Å². The molecule has 22 heavy (non-hydrogen) atoms. The van der Waals surface area contributed by atoms with E-state index in [-0.39, 0.29) is 12.1 Å². The van der Waals surface area contributed by atoms with Gasteiger partial charge in [0.2, 0.25) is 0 Å². The minimum absolute atomic E-state index is 0.203. The second-order valence-corrected chi connectivity index (χ2v) is 5.98. The zero-order chi connectivity index (χ0) is 16.1. The minimum Gasteiger partial charge on any atom is -0.390 e. The van der Waals surface area contributed by atoms with Gasteiger partial charge in [0, 0.05) is 37.2 Å². The van der Waals surface area contributed by atoms with Gasteiger partial charge in [-0.1, -0.05) is 12.1 Å². The number of rotatable bonds is 7. The van der Waals surface area contributed by atoms with Crippen LogP contribution in [0.3, 0.4) is 0 Å². The first-order valence-electron chi connectivity index (χ1n) is 7.64. The molecule has 1 aromatic heterocycles. The number of nitrogens with one attached hydrogen (secondary N) is 1. The van der Waals surface area contributed by atoms with E-state index in [1.54, 1.807) is 6.20 Å². The van der Waals surface area contributed by atoms with Gasteiger partial charge in [-0.3, -0.25) is 0 Å². The summed E-state index contributed by atoms with van der Waals surface area (Å²) in [6.07, 6.45) is 3.41. The van der Waals surface area contributed by atoms with Crippen LogP contribution in [0, 0.1) is 6.92 Å². The van der Waals surface area contributed by atoms with Crippen LogP contribution in [0.1, 0.15) is 24.4 Å². The van der Waals surface area contributed by atoms with E-state index < -0.39 is 0 Å². The molecule has 0 aliphatic carbocycles. The molecule has 0 aliphatic rings. The van der Waals surface area contributed by atoms with Gasteiger partial charge in [0.1, 0.15) is 5.82 Å². The summed E-state index contributed by atoms with van der Waals surface area (Å²) in [6.45, 7) is 5.35. The van der Waals surface area contributed by atoms with Gasteiger partial charge in [-0.2, -0.15) is 0 Å². The molecule has 0 amide bonds. The maximum atomic E-state index is 9.90. The second kappa shape index (κ2) is 7.54. The van der Waals surface area contributed by atoms with Crippen molar-refractivity contribution in [1.29, 1.82) is 0 Å². The Balaban J connectivity index is 1.94. The van der Waals surface area contributed by atoms with E-state index in [0.29, 0.717) is 13.1 Å². The largest absolute Gasteiger partial charge is 0.390 e. The van der Waals surface area contributed by atoms with E-state index in [1.807, 2.05) is 32.1 Å². The van der Waals surface area contributed by atoms with Crippen LogP contribution in [-0.4, -0.2) is 52.8 Å². The molecule has 0 spiro atoms. The fraction of sp³-hybridized carbons (Fsp3) is 0.471. The highest BCUT2D eigenvalue weighted by atomic mass is 16.3. The van der Waals surface area contributed by atoms with Gasteiger partial charge < -0.3 is 19.9 Å². The highest BCUT2D eigenvalue weighted by Gasteiger charge is 2.10. The van der Waals surface area contributed by atoms with E-state index >= 15 is 0 Å². The summed E-state index contributed by atoms with van der Waals surface area (Å²) in [6, 6.07) is 8.63. The summed E-state index contributed by atoms with van der Waals surface area (Å²) < 4.78 is 2.06. The van der Waals surface area contributed by atoms with Crippen LogP contribution in [-0.2, 0) is 0 Å². The fourth-order valence-corrected chi connectivity index (χ4v) is 2.49. The molecule has 0 fully saturated rings. The van der Waals surface area contributed by atoms with Crippen molar-refractivity contribution in [2.75, 3.05) is 27.2 Å². The molecule has 2 aromatic rings. The summed E-state index contributed by atoms with van der Waals surface area (Å²) in [4.78, 5) is 6.23. The molecule has 2 rings (SSSR count). The van der Waals surface area contributed by atoms with E-state index in [9.17, 15) is 5.11 Å². The first kappa shape index (κ1) is 16.7. The van der Waals surface area contributed by atoms with Gasteiger partial charge in [0.15, 0.2) is 0 Å². The number of aryl methyl sites for hydroxylation is 1. The number of imidazole rings is 1. The van der Waals surface area contributed by atoms with Crippen molar-refractivity contribution >= 4 is 0 Å². The van der Waals surface area contributed by atoms with Crippen LogP contribution in [0.25, 0.3) is 5.69 Å². The second-order valence-electron chi connectivity index (χ2n) is 5.98. The molecule has 1 aromatic carbocycles. The standard InChI is InChI=1S/C17H26N4O/c1-13(19-11-17(22)12-20(3)4)15-5-7-16(8-6-15)21-10-9-18-14(21)2/h5-10,13,17,19,22H,11-12H2,1-4H3. The lowest BCUT2D eigenvalue weighted by atomic mass is 10.1. The molecule has 2 N–H and O–H groups in total. The Morgan fingerprint density at radius 1 is 1.27 bits per heavy atom. The molecule has 0 saturated carbocycles.